The van der Waals surface area contributed by atoms with Crippen molar-refractivity contribution in [3.8, 4) is 5.75 Å². The zero-order chi connectivity index (χ0) is 14.5. The summed E-state index contributed by atoms with van der Waals surface area (Å²) < 4.78 is 5.07. The molecule has 0 saturated heterocycles. The molecule has 2 N–H and O–H groups in total. The summed E-state index contributed by atoms with van der Waals surface area (Å²) in [6.45, 7) is 6.11. The van der Waals surface area contributed by atoms with Crippen molar-refractivity contribution >= 4 is 5.91 Å². The number of aromatic hydroxyl groups is 1. The average Bonchev–Trinajstić information content (AvgIpc) is 2.36. The fourth-order valence-corrected chi connectivity index (χ4v) is 1.91. The zero-order valence-corrected chi connectivity index (χ0v) is 12.1. The van der Waals surface area contributed by atoms with Gasteiger partial charge in [-0.2, -0.15) is 0 Å². The lowest BCUT2D eigenvalue weighted by molar-refractivity contribution is -0.132. The van der Waals surface area contributed by atoms with Gasteiger partial charge in [-0.05, 0) is 38.0 Å². The third-order valence-corrected chi connectivity index (χ3v) is 3.13. The van der Waals surface area contributed by atoms with Crippen molar-refractivity contribution in [1.29, 1.82) is 0 Å². The minimum Gasteiger partial charge on any atom is -0.508 e. The smallest absolute Gasteiger partial charge is 0.228 e. The van der Waals surface area contributed by atoms with Gasteiger partial charge in [-0.15, -0.1) is 0 Å². The number of amides is 1. The quantitative estimate of drug-likeness (QED) is 0.831. The molecule has 1 atom stereocenters. The number of hydrogen-bond donors (Lipinski definition) is 2. The molecule has 0 radical (unpaired) electrons. The first-order valence-electron chi connectivity index (χ1n) is 6.49. The van der Waals surface area contributed by atoms with Gasteiger partial charge in [0, 0.05) is 7.11 Å². The van der Waals surface area contributed by atoms with Crippen LogP contribution in [0, 0.1) is 5.41 Å². The molecular weight excluding hydrogens is 242 g/mol. The van der Waals surface area contributed by atoms with Gasteiger partial charge in [-0.1, -0.05) is 19.1 Å². The second-order valence-corrected chi connectivity index (χ2v) is 5.34. The molecule has 0 bridgehead atoms. The molecule has 0 fully saturated rings. The number of nitrogens with one attached hydrogen (secondary N) is 1. The monoisotopic (exact) mass is 265 g/mol. The van der Waals surface area contributed by atoms with Gasteiger partial charge in [-0.25, -0.2) is 0 Å². The second-order valence-electron chi connectivity index (χ2n) is 5.34. The van der Waals surface area contributed by atoms with Gasteiger partial charge in [0.05, 0.1) is 18.1 Å². The number of rotatable bonds is 6. The first-order chi connectivity index (χ1) is 8.90. The van der Waals surface area contributed by atoms with Crippen molar-refractivity contribution in [2.75, 3.05) is 13.7 Å². The van der Waals surface area contributed by atoms with E-state index in [2.05, 4.69) is 5.32 Å². The Labute approximate surface area is 114 Å². The normalized spacial score (nSPS) is 13.1. The standard InChI is InChI=1S/C15H23NO3/c1-5-13(11-6-8-12(17)9-7-11)16-14(18)15(2,3)10-19-4/h6-9,13,17H,5,10H2,1-4H3,(H,16,18)/t13-/m0/s1. The summed E-state index contributed by atoms with van der Waals surface area (Å²) in [5.41, 5.74) is 0.431. The Morgan fingerprint density at radius 2 is 1.95 bits per heavy atom. The molecule has 1 aromatic carbocycles. The van der Waals surface area contributed by atoms with Crippen LogP contribution in [0.4, 0.5) is 0 Å². The number of hydrogen-bond acceptors (Lipinski definition) is 3. The molecular formula is C15H23NO3. The first-order valence-corrected chi connectivity index (χ1v) is 6.49. The van der Waals surface area contributed by atoms with Crippen molar-refractivity contribution in [2.45, 2.75) is 33.2 Å². The van der Waals surface area contributed by atoms with Crippen LogP contribution in [-0.2, 0) is 9.53 Å². The van der Waals surface area contributed by atoms with Crippen molar-refractivity contribution in [3.05, 3.63) is 29.8 Å². The number of carbonyl (C=O) groups is 1. The van der Waals surface area contributed by atoms with Crippen LogP contribution >= 0.6 is 0 Å². The highest BCUT2D eigenvalue weighted by Crippen LogP contribution is 2.22. The average molecular weight is 265 g/mol. The van der Waals surface area contributed by atoms with Crippen LogP contribution in [-0.4, -0.2) is 24.7 Å². The van der Waals surface area contributed by atoms with Crippen molar-refractivity contribution < 1.29 is 14.6 Å². The van der Waals surface area contributed by atoms with E-state index in [1.165, 1.54) is 0 Å². The van der Waals surface area contributed by atoms with E-state index in [4.69, 9.17) is 4.74 Å². The van der Waals surface area contributed by atoms with Gasteiger partial charge in [0.2, 0.25) is 5.91 Å². The molecule has 1 amide bonds. The zero-order valence-electron chi connectivity index (χ0n) is 12.1. The van der Waals surface area contributed by atoms with Crippen LogP contribution in [0.15, 0.2) is 24.3 Å². The fraction of sp³-hybridized carbons (Fsp3) is 0.533. The molecule has 0 aromatic heterocycles. The van der Waals surface area contributed by atoms with E-state index < -0.39 is 5.41 Å². The van der Waals surface area contributed by atoms with Crippen LogP contribution in [0.3, 0.4) is 0 Å². The molecule has 1 rings (SSSR count). The number of benzene rings is 1. The second kappa shape index (κ2) is 6.57. The van der Waals surface area contributed by atoms with E-state index in [-0.39, 0.29) is 17.7 Å². The molecule has 106 valence electrons. The Hall–Kier alpha value is -1.55. The van der Waals surface area contributed by atoms with Crippen LogP contribution < -0.4 is 5.32 Å². The Morgan fingerprint density at radius 1 is 1.37 bits per heavy atom. The predicted octanol–water partition coefficient (Wildman–Crippen LogP) is 2.63. The lowest BCUT2D eigenvalue weighted by atomic mass is 9.92. The summed E-state index contributed by atoms with van der Waals surface area (Å²) in [5.74, 6) is 0.193. The van der Waals surface area contributed by atoms with E-state index in [1.54, 1.807) is 19.2 Å². The van der Waals surface area contributed by atoms with Gasteiger partial charge < -0.3 is 15.2 Å². The van der Waals surface area contributed by atoms with E-state index in [0.29, 0.717) is 6.61 Å². The van der Waals surface area contributed by atoms with E-state index in [1.807, 2.05) is 32.9 Å². The Kier molecular flexibility index (Phi) is 5.36. The molecule has 4 heteroatoms. The maximum atomic E-state index is 12.2. The van der Waals surface area contributed by atoms with Crippen LogP contribution in [0.25, 0.3) is 0 Å². The number of phenolic OH excluding ortho intramolecular Hbond substituents is 1. The first kappa shape index (κ1) is 15.5. The topological polar surface area (TPSA) is 58.6 Å². The summed E-state index contributed by atoms with van der Waals surface area (Å²) in [6.07, 6.45) is 0.791. The van der Waals surface area contributed by atoms with Gasteiger partial charge in [0.15, 0.2) is 0 Å². The summed E-state index contributed by atoms with van der Waals surface area (Å²) in [5, 5.41) is 12.3. The molecule has 0 aliphatic rings. The Morgan fingerprint density at radius 3 is 2.42 bits per heavy atom. The lowest BCUT2D eigenvalue weighted by Gasteiger charge is -2.26. The minimum absolute atomic E-state index is 0.0331. The summed E-state index contributed by atoms with van der Waals surface area (Å²) in [6, 6.07) is 6.86. The summed E-state index contributed by atoms with van der Waals surface area (Å²) in [7, 11) is 1.59. The van der Waals surface area contributed by atoms with Crippen LogP contribution in [0.2, 0.25) is 0 Å². The Balaban J connectivity index is 2.77. The molecule has 0 aliphatic carbocycles. The molecule has 4 nitrogen and oxygen atoms in total. The third-order valence-electron chi connectivity index (χ3n) is 3.13. The van der Waals surface area contributed by atoms with Crippen molar-refractivity contribution in [1.82, 2.24) is 5.32 Å². The minimum atomic E-state index is -0.556. The Bertz CT molecular complexity index is 412. The number of methoxy groups -OCH3 is 1. The molecule has 0 aliphatic heterocycles. The fourth-order valence-electron chi connectivity index (χ4n) is 1.91. The van der Waals surface area contributed by atoms with Gasteiger partial charge in [0.1, 0.15) is 5.75 Å². The van der Waals surface area contributed by atoms with Crippen molar-refractivity contribution in [2.24, 2.45) is 5.41 Å². The molecule has 0 unspecified atom stereocenters. The number of phenols is 1. The van der Waals surface area contributed by atoms with Crippen LogP contribution in [0.1, 0.15) is 38.8 Å². The third kappa shape index (κ3) is 4.24. The van der Waals surface area contributed by atoms with E-state index >= 15 is 0 Å². The molecule has 0 spiro atoms. The van der Waals surface area contributed by atoms with Crippen molar-refractivity contribution in [3.63, 3.8) is 0 Å². The largest absolute Gasteiger partial charge is 0.508 e. The SMILES string of the molecule is CC[C@H](NC(=O)C(C)(C)COC)c1ccc(O)cc1. The van der Waals surface area contributed by atoms with E-state index in [0.717, 1.165) is 12.0 Å². The summed E-state index contributed by atoms with van der Waals surface area (Å²) in [4.78, 5) is 12.2. The van der Waals surface area contributed by atoms with Crippen LogP contribution in [0.5, 0.6) is 5.75 Å². The lowest BCUT2D eigenvalue weighted by Crippen LogP contribution is -2.41. The molecule has 1 aromatic rings. The number of carbonyl (C=O) groups excluding carboxylic acids is 1. The van der Waals surface area contributed by atoms with E-state index in [9.17, 15) is 9.90 Å². The number of ether oxygens (including phenoxy) is 1. The highest BCUT2D eigenvalue weighted by Gasteiger charge is 2.29. The highest BCUT2D eigenvalue weighted by atomic mass is 16.5. The van der Waals surface area contributed by atoms with Gasteiger partial charge >= 0.3 is 0 Å². The molecule has 19 heavy (non-hydrogen) atoms. The van der Waals surface area contributed by atoms with Gasteiger partial charge in [-0.3, -0.25) is 4.79 Å². The maximum absolute atomic E-state index is 12.2. The predicted molar refractivity (Wildman–Crippen MR) is 74.9 cm³/mol. The molecule has 0 heterocycles. The summed E-state index contributed by atoms with van der Waals surface area (Å²) >= 11 is 0. The highest BCUT2D eigenvalue weighted by molar-refractivity contribution is 5.82. The maximum Gasteiger partial charge on any atom is 0.228 e. The van der Waals surface area contributed by atoms with Gasteiger partial charge in [0.25, 0.3) is 0 Å². The molecule has 0 saturated carbocycles.